The molecular weight excluding hydrogens is 322 g/mol. The first kappa shape index (κ1) is 17.1. The molecule has 2 N–H and O–H groups in total. The van der Waals surface area contributed by atoms with Crippen molar-refractivity contribution in [2.75, 3.05) is 0 Å². The lowest BCUT2D eigenvalue weighted by Crippen LogP contribution is -2.28. The van der Waals surface area contributed by atoms with Crippen molar-refractivity contribution in [1.82, 2.24) is 9.55 Å². The number of carbonyl (C=O) groups is 1. The van der Waals surface area contributed by atoms with Gasteiger partial charge in [-0.3, -0.25) is 14.2 Å². The third-order valence-corrected chi connectivity index (χ3v) is 6.31. The van der Waals surface area contributed by atoms with Crippen molar-refractivity contribution < 1.29 is 4.79 Å². The van der Waals surface area contributed by atoms with Gasteiger partial charge in [0, 0.05) is 17.8 Å². The van der Waals surface area contributed by atoms with Crippen molar-refractivity contribution in [3.63, 3.8) is 0 Å². The minimum absolute atomic E-state index is 0.0227. The van der Waals surface area contributed by atoms with Crippen LogP contribution in [0.2, 0.25) is 0 Å². The number of carbonyl (C=O) groups excluding carboxylic acids is 1. The number of amides is 1. The van der Waals surface area contributed by atoms with Crippen molar-refractivity contribution in [3.8, 4) is 0 Å². The van der Waals surface area contributed by atoms with Crippen LogP contribution in [0.25, 0.3) is 10.2 Å². The van der Waals surface area contributed by atoms with Crippen LogP contribution in [0.1, 0.15) is 49.9 Å². The van der Waals surface area contributed by atoms with E-state index in [1.54, 1.807) is 15.9 Å². The van der Waals surface area contributed by atoms with Crippen LogP contribution < -0.4 is 11.3 Å². The predicted octanol–water partition coefficient (Wildman–Crippen LogP) is 2.79. The first-order chi connectivity index (χ1) is 11.2. The van der Waals surface area contributed by atoms with E-state index < -0.39 is 5.91 Å². The van der Waals surface area contributed by atoms with E-state index in [-0.39, 0.29) is 17.4 Å². The Bertz CT molecular complexity index is 858. The Labute approximate surface area is 145 Å². The Morgan fingerprint density at radius 2 is 2.12 bits per heavy atom. The second-order valence-corrected chi connectivity index (χ2v) is 8.91. The third-order valence-electron chi connectivity index (χ3n) is 5.17. The maximum Gasteiger partial charge on any atom is 0.262 e. The maximum atomic E-state index is 13.0. The van der Waals surface area contributed by atoms with Crippen molar-refractivity contribution in [3.05, 3.63) is 26.6 Å². The van der Waals surface area contributed by atoms with Gasteiger partial charge in [-0.1, -0.05) is 20.8 Å². The summed E-state index contributed by atoms with van der Waals surface area (Å²) >= 11 is 1.66. The van der Waals surface area contributed by atoms with Gasteiger partial charge in [-0.25, -0.2) is 4.98 Å². The highest BCUT2D eigenvalue weighted by Gasteiger charge is 2.31. The zero-order chi connectivity index (χ0) is 17.6. The molecule has 130 valence electrons. The Hall–Kier alpha value is -1.69. The van der Waals surface area contributed by atoms with Crippen molar-refractivity contribution in [1.29, 1.82) is 0 Å². The second-order valence-electron chi connectivity index (χ2n) is 7.82. The van der Waals surface area contributed by atoms with Gasteiger partial charge in [-0.2, -0.15) is 0 Å². The maximum absolute atomic E-state index is 13.0. The van der Waals surface area contributed by atoms with E-state index in [9.17, 15) is 9.59 Å². The van der Waals surface area contributed by atoms with Crippen LogP contribution in [0.5, 0.6) is 0 Å². The Morgan fingerprint density at radius 3 is 2.75 bits per heavy atom. The van der Waals surface area contributed by atoms with E-state index in [0.717, 1.165) is 29.5 Å². The molecule has 24 heavy (non-hydrogen) atoms. The fraction of sp³-hybridized carbons (Fsp3) is 0.611. The largest absolute Gasteiger partial charge is 0.370 e. The topological polar surface area (TPSA) is 78.0 Å². The van der Waals surface area contributed by atoms with Gasteiger partial charge in [0.05, 0.1) is 5.39 Å². The molecule has 0 spiro atoms. The molecule has 1 aliphatic carbocycles. The summed E-state index contributed by atoms with van der Waals surface area (Å²) in [5, 5.41) is 0.762. The van der Waals surface area contributed by atoms with Gasteiger partial charge >= 0.3 is 0 Å². The minimum atomic E-state index is -0.401. The van der Waals surface area contributed by atoms with Crippen molar-refractivity contribution >= 4 is 27.5 Å². The molecule has 0 fully saturated rings. The summed E-state index contributed by atoms with van der Waals surface area (Å²) in [5.41, 5.74) is 6.66. The molecule has 1 atom stereocenters. The predicted molar refractivity (Wildman–Crippen MR) is 97.4 cm³/mol. The number of aryl methyl sites for hydroxylation is 2. The Morgan fingerprint density at radius 1 is 1.42 bits per heavy atom. The number of primary amides is 1. The summed E-state index contributed by atoms with van der Waals surface area (Å²) in [6, 6.07) is 0. The summed E-state index contributed by atoms with van der Waals surface area (Å²) in [6.45, 7) is 8.98. The molecule has 0 aliphatic heterocycles. The van der Waals surface area contributed by atoms with Crippen LogP contribution in [0.3, 0.4) is 0 Å². The minimum Gasteiger partial charge on any atom is -0.370 e. The fourth-order valence-corrected chi connectivity index (χ4v) is 4.92. The van der Waals surface area contributed by atoms with Gasteiger partial charge in [0.1, 0.15) is 10.7 Å². The molecule has 2 aromatic rings. The van der Waals surface area contributed by atoms with E-state index in [1.807, 2.05) is 6.92 Å². The summed E-state index contributed by atoms with van der Waals surface area (Å²) in [7, 11) is 0. The normalized spacial score (nSPS) is 17.9. The number of aromatic nitrogens is 2. The summed E-state index contributed by atoms with van der Waals surface area (Å²) in [6.07, 6.45) is 3.23. The average molecular weight is 347 g/mol. The highest BCUT2D eigenvalue weighted by molar-refractivity contribution is 7.18. The summed E-state index contributed by atoms with van der Waals surface area (Å²) in [4.78, 5) is 30.8. The molecule has 0 aromatic carbocycles. The standard InChI is InChI=1S/C18H25N3O2S/c1-10-20-16-15(17(23)21(10)8-7-14(19)22)12-6-5-11(18(2,3)4)9-13(12)24-16/h11H,5-9H2,1-4H3,(H2,19,22). The van der Waals surface area contributed by atoms with Crippen LogP contribution in [0.4, 0.5) is 0 Å². The second kappa shape index (κ2) is 5.99. The lowest BCUT2D eigenvalue weighted by atomic mass is 9.72. The number of nitrogens with zero attached hydrogens (tertiary/aromatic N) is 2. The number of hydrogen-bond donors (Lipinski definition) is 1. The SMILES string of the molecule is Cc1nc2sc3c(c2c(=O)n1CCC(N)=O)CCC(C(C)(C)C)C3. The number of nitrogens with two attached hydrogens (primary N) is 1. The van der Waals surface area contributed by atoms with Gasteiger partial charge in [0.25, 0.3) is 5.56 Å². The molecule has 2 aromatic heterocycles. The van der Waals surface area contributed by atoms with E-state index >= 15 is 0 Å². The van der Waals surface area contributed by atoms with E-state index in [4.69, 9.17) is 5.73 Å². The molecule has 0 bridgehead atoms. The molecule has 5 nitrogen and oxygen atoms in total. The molecule has 1 amide bonds. The van der Waals surface area contributed by atoms with Crippen molar-refractivity contribution in [2.45, 2.75) is 59.9 Å². The van der Waals surface area contributed by atoms with Gasteiger partial charge in [0.2, 0.25) is 5.91 Å². The quantitative estimate of drug-likeness (QED) is 0.927. The van der Waals surface area contributed by atoms with Gasteiger partial charge < -0.3 is 5.73 Å². The monoisotopic (exact) mass is 347 g/mol. The van der Waals surface area contributed by atoms with Crippen LogP contribution in [-0.4, -0.2) is 15.5 Å². The van der Waals surface area contributed by atoms with Gasteiger partial charge in [0.15, 0.2) is 0 Å². The molecule has 0 saturated heterocycles. The van der Waals surface area contributed by atoms with Gasteiger partial charge in [-0.15, -0.1) is 11.3 Å². The molecule has 6 heteroatoms. The average Bonchev–Trinajstić information content (AvgIpc) is 2.82. The number of fused-ring (bicyclic) bond motifs is 3. The van der Waals surface area contributed by atoms with Crippen molar-refractivity contribution in [2.24, 2.45) is 17.1 Å². The fourth-order valence-electron chi connectivity index (χ4n) is 3.58. The van der Waals surface area contributed by atoms with Crippen LogP contribution >= 0.6 is 11.3 Å². The molecule has 3 rings (SSSR count). The Kier molecular flexibility index (Phi) is 4.28. The highest BCUT2D eigenvalue weighted by atomic mass is 32.1. The molecule has 0 saturated carbocycles. The van der Waals surface area contributed by atoms with E-state index in [0.29, 0.717) is 18.3 Å². The lowest BCUT2D eigenvalue weighted by Gasteiger charge is -2.33. The van der Waals surface area contributed by atoms with E-state index in [1.165, 1.54) is 10.4 Å². The first-order valence-corrected chi connectivity index (χ1v) is 9.30. The smallest absolute Gasteiger partial charge is 0.262 e. The number of hydrogen-bond acceptors (Lipinski definition) is 4. The summed E-state index contributed by atoms with van der Waals surface area (Å²) in [5.74, 6) is 0.887. The zero-order valence-corrected chi connectivity index (χ0v) is 15.6. The summed E-state index contributed by atoms with van der Waals surface area (Å²) < 4.78 is 1.59. The first-order valence-electron chi connectivity index (χ1n) is 8.48. The number of thiophene rings is 1. The van der Waals surface area contributed by atoms with Crippen LogP contribution in [0, 0.1) is 18.3 Å². The molecular formula is C18H25N3O2S. The number of rotatable bonds is 3. The zero-order valence-electron chi connectivity index (χ0n) is 14.8. The third kappa shape index (κ3) is 2.99. The van der Waals surface area contributed by atoms with Gasteiger partial charge in [-0.05, 0) is 43.1 Å². The Balaban J connectivity index is 2.07. The van der Waals surface area contributed by atoms with E-state index in [2.05, 4.69) is 25.8 Å². The highest BCUT2D eigenvalue weighted by Crippen LogP contribution is 2.42. The van der Waals surface area contributed by atoms with Crippen LogP contribution in [0.15, 0.2) is 4.79 Å². The molecule has 2 heterocycles. The molecule has 0 radical (unpaired) electrons. The lowest BCUT2D eigenvalue weighted by molar-refractivity contribution is -0.118. The van der Waals surface area contributed by atoms with Crippen LogP contribution in [-0.2, 0) is 24.2 Å². The molecule has 1 aliphatic rings. The molecule has 1 unspecified atom stereocenters.